The maximum absolute atomic E-state index is 2.70. The third kappa shape index (κ3) is 2.23. The minimum absolute atomic E-state index is 0.463. The van der Waals surface area contributed by atoms with E-state index >= 15 is 0 Å². The van der Waals surface area contributed by atoms with Crippen molar-refractivity contribution in [3.63, 3.8) is 0 Å². The molecule has 13 heavy (non-hydrogen) atoms. The molecule has 2 unspecified atom stereocenters. The molecule has 2 aliphatic rings. The molecule has 0 aliphatic carbocycles. The lowest BCUT2D eigenvalue weighted by molar-refractivity contribution is 0.0978. The molecule has 0 spiro atoms. The average Bonchev–Trinajstić information content (AvgIpc) is 2.37. The van der Waals surface area contributed by atoms with E-state index < -0.39 is 0 Å². The van der Waals surface area contributed by atoms with E-state index in [0.717, 1.165) is 6.04 Å². The molecule has 2 rings (SSSR count). The molecular weight excluding hydrogens is 160 g/mol. The maximum atomic E-state index is 2.70. The van der Waals surface area contributed by atoms with Crippen LogP contribution in [0, 0.1) is 5.41 Å². The van der Waals surface area contributed by atoms with E-state index in [9.17, 15) is 0 Å². The topological polar surface area (TPSA) is 6.48 Å². The fourth-order valence-corrected chi connectivity index (χ4v) is 2.58. The van der Waals surface area contributed by atoms with Crippen molar-refractivity contribution in [3.8, 4) is 0 Å². The fraction of sp³-hybridized carbons (Fsp3) is 1.00. The lowest BCUT2D eigenvalue weighted by atomic mass is 9.95. The first-order chi connectivity index (χ1) is 6.04. The van der Waals surface area contributed by atoms with Crippen LogP contribution in [0.15, 0.2) is 0 Å². The van der Waals surface area contributed by atoms with Gasteiger partial charge in [0.25, 0.3) is 0 Å². The van der Waals surface area contributed by atoms with Gasteiger partial charge in [0.2, 0.25) is 0 Å². The lowest BCUT2D eigenvalue weighted by Crippen LogP contribution is -2.49. The molecule has 0 N–H and O–H groups in total. The maximum Gasteiger partial charge on any atom is 0.0236 e. The number of hydrogen-bond acceptors (Lipinski definition) is 2. The second kappa shape index (κ2) is 3.25. The highest BCUT2D eigenvalue weighted by Crippen LogP contribution is 2.24. The van der Waals surface area contributed by atoms with E-state index in [1.165, 1.54) is 39.1 Å². The zero-order chi connectivity index (χ0) is 9.47. The third-order valence-corrected chi connectivity index (χ3v) is 3.14. The summed E-state index contributed by atoms with van der Waals surface area (Å²) in [6.07, 6.45) is 1.40. The molecule has 2 aliphatic heterocycles. The standard InChI is InChI=1S/C11H22N2/c1-11(2,3)9-13-7-6-12-5-4-10(13)8-12/h10H,4-9H2,1-3H3. The summed E-state index contributed by atoms with van der Waals surface area (Å²) >= 11 is 0. The Morgan fingerprint density at radius 1 is 1.15 bits per heavy atom. The highest BCUT2D eigenvalue weighted by atomic mass is 15.3. The van der Waals surface area contributed by atoms with Crippen LogP contribution in [0.4, 0.5) is 0 Å². The Kier molecular flexibility index (Phi) is 2.37. The first-order valence-corrected chi connectivity index (χ1v) is 5.51. The average molecular weight is 182 g/mol. The van der Waals surface area contributed by atoms with E-state index in [1.807, 2.05) is 0 Å². The Bertz CT molecular complexity index is 183. The molecular formula is C11H22N2. The highest BCUT2D eigenvalue weighted by molar-refractivity contribution is 4.90. The van der Waals surface area contributed by atoms with E-state index in [0.29, 0.717) is 5.41 Å². The summed E-state index contributed by atoms with van der Waals surface area (Å²) in [5.74, 6) is 0. The van der Waals surface area contributed by atoms with Gasteiger partial charge in [-0.2, -0.15) is 0 Å². The summed E-state index contributed by atoms with van der Waals surface area (Å²) in [5.41, 5.74) is 0.463. The van der Waals surface area contributed by atoms with Crippen LogP contribution < -0.4 is 0 Å². The van der Waals surface area contributed by atoms with Crippen LogP contribution in [0.25, 0.3) is 0 Å². The summed E-state index contributed by atoms with van der Waals surface area (Å²) in [4.78, 5) is 5.30. The zero-order valence-corrected chi connectivity index (χ0v) is 9.21. The predicted octanol–water partition coefficient (Wildman–Crippen LogP) is 1.42. The van der Waals surface area contributed by atoms with Crippen molar-refractivity contribution in [2.24, 2.45) is 5.41 Å². The smallest absolute Gasteiger partial charge is 0.0236 e. The van der Waals surface area contributed by atoms with Gasteiger partial charge in [0.05, 0.1) is 0 Å². The number of rotatable bonds is 1. The molecule has 2 atom stereocenters. The molecule has 2 nitrogen and oxygen atoms in total. The van der Waals surface area contributed by atoms with Crippen LogP contribution in [0.3, 0.4) is 0 Å². The lowest BCUT2D eigenvalue weighted by Gasteiger charge is -2.38. The van der Waals surface area contributed by atoms with Crippen LogP contribution in [0.1, 0.15) is 27.2 Å². The number of piperazine rings is 1. The van der Waals surface area contributed by atoms with Crippen LogP contribution in [0.5, 0.6) is 0 Å². The summed E-state index contributed by atoms with van der Waals surface area (Å²) in [7, 11) is 0. The minimum atomic E-state index is 0.463. The van der Waals surface area contributed by atoms with Crippen molar-refractivity contribution >= 4 is 0 Å². The first kappa shape index (κ1) is 9.47. The molecule has 0 amide bonds. The van der Waals surface area contributed by atoms with Gasteiger partial charge in [-0.15, -0.1) is 0 Å². The molecule has 0 aromatic heterocycles. The van der Waals surface area contributed by atoms with Crippen LogP contribution >= 0.6 is 0 Å². The molecule has 2 heterocycles. The SMILES string of the molecule is CC(C)(C)CN1CCN2CCC1C2. The van der Waals surface area contributed by atoms with Gasteiger partial charge >= 0.3 is 0 Å². The minimum Gasteiger partial charge on any atom is -0.300 e. The summed E-state index contributed by atoms with van der Waals surface area (Å²) < 4.78 is 0. The first-order valence-electron chi connectivity index (χ1n) is 5.51. The van der Waals surface area contributed by atoms with Crippen LogP contribution in [0.2, 0.25) is 0 Å². The highest BCUT2D eigenvalue weighted by Gasteiger charge is 2.33. The second-order valence-corrected chi connectivity index (χ2v) is 5.77. The summed E-state index contributed by atoms with van der Waals surface area (Å²) in [6, 6.07) is 0.868. The molecule has 2 bridgehead atoms. The number of hydrogen-bond donors (Lipinski definition) is 0. The summed E-state index contributed by atoms with van der Waals surface area (Å²) in [6.45, 7) is 13.6. The van der Waals surface area contributed by atoms with E-state index in [4.69, 9.17) is 0 Å². The Morgan fingerprint density at radius 3 is 2.62 bits per heavy atom. The van der Waals surface area contributed by atoms with Gasteiger partial charge in [-0.25, -0.2) is 0 Å². The monoisotopic (exact) mass is 182 g/mol. The molecule has 0 aromatic carbocycles. The largest absolute Gasteiger partial charge is 0.300 e. The molecule has 2 saturated heterocycles. The van der Waals surface area contributed by atoms with Gasteiger partial charge in [0, 0.05) is 32.2 Å². The normalized spacial score (nSPS) is 35.3. The van der Waals surface area contributed by atoms with E-state index in [2.05, 4.69) is 30.6 Å². The van der Waals surface area contributed by atoms with E-state index in [1.54, 1.807) is 0 Å². The molecule has 76 valence electrons. The number of nitrogens with zero attached hydrogens (tertiary/aromatic N) is 2. The van der Waals surface area contributed by atoms with Crippen LogP contribution in [-0.4, -0.2) is 48.6 Å². The van der Waals surface area contributed by atoms with Gasteiger partial charge in [0.15, 0.2) is 0 Å². The molecule has 0 radical (unpaired) electrons. The van der Waals surface area contributed by atoms with Crippen molar-refractivity contribution in [1.29, 1.82) is 0 Å². The second-order valence-electron chi connectivity index (χ2n) is 5.77. The van der Waals surface area contributed by atoms with Gasteiger partial charge < -0.3 is 4.90 Å². The van der Waals surface area contributed by atoms with Crippen molar-refractivity contribution in [3.05, 3.63) is 0 Å². The third-order valence-electron chi connectivity index (χ3n) is 3.14. The molecule has 0 aromatic rings. The zero-order valence-electron chi connectivity index (χ0n) is 9.21. The van der Waals surface area contributed by atoms with Crippen LogP contribution in [-0.2, 0) is 0 Å². The van der Waals surface area contributed by atoms with Crippen molar-refractivity contribution in [2.75, 3.05) is 32.7 Å². The van der Waals surface area contributed by atoms with Crippen molar-refractivity contribution in [1.82, 2.24) is 9.80 Å². The van der Waals surface area contributed by atoms with E-state index in [-0.39, 0.29) is 0 Å². The molecule has 0 saturated carbocycles. The Balaban J connectivity index is 1.93. The Labute approximate surface area is 81.9 Å². The molecule has 2 fully saturated rings. The fourth-order valence-electron chi connectivity index (χ4n) is 2.58. The van der Waals surface area contributed by atoms with Crippen molar-refractivity contribution in [2.45, 2.75) is 33.2 Å². The number of fused-ring (bicyclic) bond motifs is 2. The Morgan fingerprint density at radius 2 is 1.92 bits per heavy atom. The Hall–Kier alpha value is -0.0800. The quantitative estimate of drug-likeness (QED) is 0.605. The van der Waals surface area contributed by atoms with Gasteiger partial charge in [0.1, 0.15) is 0 Å². The summed E-state index contributed by atoms with van der Waals surface area (Å²) in [5, 5.41) is 0. The molecule has 2 heteroatoms. The predicted molar refractivity (Wildman–Crippen MR) is 55.9 cm³/mol. The van der Waals surface area contributed by atoms with Gasteiger partial charge in [-0.3, -0.25) is 4.90 Å². The van der Waals surface area contributed by atoms with Crippen molar-refractivity contribution < 1.29 is 0 Å². The van der Waals surface area contributed by atoms with Gasteiger partial charge in [-0.05, 0) is 18.4 Å². The van der Waals surface area contributed by atoms with Gasteiger partial charge in [-0.1, -0.05) is 20.8 Å².